The Balaban J connectivity index is 1.43. The number of ether oxygens (including phenoxy) is 2. The zero-order valence-electron chi connectivity index (χ0n) is 19.9. The highest BCUT2D eigenvalue weighted by Crippen LogP contribution is 2.66. The molecule has 4 nitrogen and oxygen atoms in total. The highest BCUT2D eigenvalue weighted by atomic mass is 32.2. The van der Waals surface area contributed by atoms with Crippen molar-refractivity contribution in [2.45, 2.75) is 89.4 Å². The smallest absolute Gasteiger partial charge is 0.302 e. The molecule has 8 atom stereocenters. The van der Waals surface area contributed by atoms with Gasteiger partial charge in [0.25, 0.3) is 0 Å². The number of carbonyl (C=O) groups excluding carboxylic acids is 2. The van der Waals surface area contributed by atoms with E-state index in [4.69, 9.17) is 9.47 Å². The number of esters is 2. The molecule has 1 aliphatic heterocycles. The minimum Gasteiger partial charge on any atom is -0.462 e. The predicted molar refractivity (Wildman–Crippen MR) is 130 cm³/mol. The Hall–Kier alpha value is -0.620. The number of hydrogen-bond acceptors (Lipinski definition) is 6. The molecule has 0 spiro atoms. The monoisotopic (exact) mass is 478 g/mol. The van der Waals surface area contributed by atoms with Crippen molar-refractivity contribution in [2.24, 2.45) is 34.5 Å². The van der Waals surface area contributed by atoms with E-state index in [1.807, 2.05) is 23.5 Å². The third kappa shape index (κ3) is 3.76. The second kappa shape index (κ2) is 8.55. The van der Waals surface area contributed by atoms with Gasteiger partial charge in [0.2, 0.25) is 0 Å². The predicted octanol–water partition coefficient (Wildman–Crippen LogP) is 5.84. The molecule has 0 aromatic carbocycles. The van der Waals surface area contributed by atoms with Gasteiger partial charge in [-0.1, -0.05) is 25.5 Å². The van der Waals surface area contributed by atoms with Gasteiger partial charge >= 0.3 is 11.9 Å². The van der Waals surface area contributed by atoms with E-state index in [2.05, 4.69) is 19.9 Å². The van der Waals surface area contributed by atoms with E-state index >= 15 is 0 Å². The Morgan fingerprint density at radius 2 is 1.69 bits per heavy atom. The molecule has 4 fully saturated rings. The van der Waals surface area contributed by atoms with Crippen molar-refractivity contribution in [2.75, 3.05) is 11.5 Å². The summed E-state index contributed by atoms with van der Waals surface area (Å²) in [5.74, 6) is 4.42. The van der Waals surface area contributed by atoms with Crippen LogP contribution in [-0.2, 0) is 19.1 Å². The molecule has 0 unspecified atom stereocenters. The summed E-state index contributed by atoms with van der Waals surface area (Å²) in [7, 11) is 0. The van der Waals surface area contributed by atoms with E-state index in [-0.39, 0.29) is 35.0 Å². The Labute approximate surface area is 201 Å². The van der Waals surface area contributed by atoms with Gasteiger partial charge in [-0.05, 0) is 68.1 Å². The van der Waals surface area contributed by atoms with Gasteiger partial charge in [-0.15, -0.1) is 23.5 Å². The normalized spacial score (nSPS) is 45.9. The van der Waals surface area contributed by atoms with Gasteiger partial charge in [-0.3, -0.25) is 9.59 Å². The van der Waals surface area contributed by atoms with Gasteiger partial charge in [-0.2, -0.15) is 0 Å². The molecule has 0 radical (unpaired) electrons. The van der Waals surface area contributed by atoms with Crippen molar-refractivity contribution in [3.05, 3.63) is 11.6 Å². The van der Waals surface area contributed by atoms with Crippen LogP contribution in [0.15, 0.2) is 11.6 Å². The topological polar surface area (TPSA) is 52.6 Å². The number of carbonyl (C=O) groups is 2. The number of rotatable bonds is 3. The van der Waals surface area contributed by atoms with Crippen LogP contribution in [0.3, 0.4) is 0 Å². The molecule has 0 bridgehead atoms. The van der Waals surface area contributed by atoms with E-state index < -0.39 is 0 Å². The molecule has 1 saturated heterocycles. The van der Waals surface area contributed by atoms with Crippen LogP contribution in [0.1, 0.15) is 72.6 Å². The van der Waals surface area contributed by atoms with E-state index in [1.54, 1.807) is 19.4 Å². The Morgan fingerprint density at radius 3 is 2.38 bits per heavy atom. The first-order chi connectivity index (χ1) is 15.2. The quantitative estimate of drug-likeness (QED) is 0.375. The standard InChI is InChI=1S/C26H38O4S2/c1-15(27)29-22-14-26(4)17(13-19(22)24-31-11-12-32-24)5-6-18-20-7-8-23(30-16(2)28)25(20,3)10-9-21(18)26/h13,18-24H,5-12,14H2,1-4H3/t18-,19+,20+,21-,22+,23-,25+,26+/m1/s1. The summed E-state index contributed by atoms with van der Waals surface area (Å²) in [6.07, 6.45) is 10.5. The van der Waals surface area contributed by atoms with Crippen LogP contribution >= 0.6 is 23.5 Å². The van der Waals surface area contributed by atoms with Crippen LogP contribution < -0.4 is 0 Å². The molecule has 32 heavy (non-hydrogen) atoms. The molecular weight excluding hydrogens is 440 g/mol. The van der Waals surface area contributed by atoms with Gasteiger partial charge in [0.15, 0.2) is 0 Å². The maximum atomic E-state index is 12.0. The third-order valence-electron chi connectivity index (χ3n) is 9.68. The van der Waals surface area contributed by atoms with Gasteiger partial charge in [0, 0.05) is 36.7 Å². The van der Waals surface area contributed by atoms with Crippen LogP contribution in [0.25, 0.3) is 0 Å². The van der Waals surface area contributed by atoms with Crippen molar-refractivity contribution in [3.63, 3.8) is 0 Å². The second-order valence-electron chi connectivity index (χ2n) is 11.3. The molecule has 0 aromatic heterocycles. The Bertz CT molecular complexity index is 806. The Kier molecular flexibility index (Phi) is 6.18. The SMILES string of the molecule is CC(=O)O[C@H]1C[C@@]2(C)C(=C[C@@H]1C1SCCS1)CC[C@H]1[C@H]2CC[C@]2(C)[C@H](OC(C)=O)CC[C@@H]12. The largest absolute Gasteiger partial charge is 0.462 e. The third-order valence-corrected chi connectivity index (χ3v) is 12.9. The fraction of sp³-hybridized carbons (Fsp3) is 0.846. The minimum atomic E-state index is -0.142. The summed E-state index contributed by atoms with van der Waals surface area (Å²) in [5.41, 5.74) is 1.88. The van der Waals surface area contributed by atoms with Crippen LogP contribution in [0.5, 0.6) is 0 Å². The van der Waals surface area contributed by atoms with Gasteiger partial charge in [-0.25, -0.2) is 0 Å². The molecule has 5 rings (SSSR count). The van der Waals surface area contributed by atoms with Crippen molar-refractivity contribution >= 4 is 35.5 Å². The summed E-state index contributed by atoms with van der Waals surface area (Å²) >= 11 is 4.09. The first-order valence-electron chi connectivity index (χ1n) is 12.5. The molecule has 5 aliphatic rings. The lowest BCUT2D eigenvalue weighted by atomic mass is 9.47. The maximum absolute atomic E-state index is 12.0. The minimum absolute atomic E-state index is 0.00576. The summed E-state index contributed by atoms with van der Waals surface area (Å²) in [6.45, 7) is 7.97. The molecule has 3 saturated carbocycles. The average Bonchev–Trinajstić information content (AvgIpc) is 3.35. The van der Waals surface area contributed by atoms with Crippen LogP contribution in [0.2, 0.25) is 0 Å². The van der Waals surface area contributed by atoms with Crippen molar-refractivity contribution in [1.82, 2.24) is 0 Å². The zero-order valence-corrected chi connectivity index (χ0v) is 21.6. The van der Waals surface area contributed by atoms with Crippen LogP contribution in [-0.4, -0.2) is 40.2 Å². The molecule has 1 heterocycles. The summed E-state index contributed by atoms with van der Waals surface area (Å²) in [6, 6.07) is 0. The van der Waals surface area contributed by atoms with Crippen molar-refractivity contribution in [1.29, 1.82) is 0 Å². The molecule has 6 heteroatoms. The molecule has 4 aliphatic carbocycles. The summed E-state index contributed by atoms with van der Waals surface area (Å²) < 4.78 is 12.3. The molecule has 178 valence electrons. The fourth-order valence-corrected chi connectivity index (χ4v) is 11.5. The van der Waals surface area contributed by atoms with Crippen LogP contribution in [0, 0.1) is 34.5 Å². The van der Waals surface area contributed by atoms with Gasteiger partial charge in [0.1, 0.15) is 12.2 Å². The highest BCUT2D eigenvalue weighted by molar-refractivity contribution is 8.20. The van der Waals surface area contributed by atoms with Gasteiger partial charge < -0.3 is 9.47 Å². The highest BCUT2D eigenvalue weighted by Gasteiger charge is 2.61. The number of hydrogen-bond donors (Lipinski definition) is 0. The molecule has 0 aromatic rings. The van der Waals surface area contributed by atoms with E-state index in [1.165, 1.54) is 37.2 Å². The number of allylic oxidation sites excluding steroid dienone is 1. The lowest BCUT2D eigenvalue weighted by Crippen LogP contribution is -2.53. The van der Waals surface area contributed by atoms with Crippen LogP contribution in [0.4, 0.5) is 0 Å². The lowest BCUT2D eigenvalue weighted by molar-refractivity contribution is -0.160. The zero-order chi connectivity index (χ0) is 22.7. The Morgan fingerprint density at radius 1 is 0.969 bits per heavy atom. The van der Waals surface area contributed by atoms with E-state index in [9.17, 15) is 9.59 Å². The fourth-order valence-electron chi connectivity index (χ4n) is 8.31. The lowest BCUT2D eigenvalue weighted by Gasteiger charge is -2.59. The number of fused-ring (bicyclic) bond motifs is 5. The van der Waals surface area contributed by atoms with E-state index in [0.717, 1.165) is 19.3 Å². The average molecular weight is 479 g/mol. The molecule has 0 amide bonds. The van der Waals surface area contributed by atoms with Crippen molar-refractivity contribution in [3.8, 4) is 0 Å². The first kappa shape index (κ1) is 23.1. The first-order valence-corrected chi connectivity index (χ1v) is 14.6. The second-order valence-corrected chi connectivity index (χ2v) is 14.1. The van der Waals surface area contributed by atoms with E-state index in [0.29, 0.717) is 28.3 Å². The molecule has 0 N–H and O–H groups in total. The maximum Gasteiger partial charge on any atom is 0.302 e. The van der Waals surface area contributed by atoms with Crippen molar-refractivity contribution < 1.29 is 19.1 Å². The van der Waals surface area contributed by atoms with Gasteiger partial charge in [0.05, 0.1) is 4.58 Å². The summed E-state index contributed by atoms with van der Waals surface area (Å²) in [4.78, 5) is 23.8. The number of thioether (sulfide) groups is 2. The molecular formula is C26H38O4S2. The summed E-state index contributed by atoms with van der Waals surface area (Å²) in [5, 5.41) is 0.